The Morgan fingerprint density at radius 1 is 1.22 bits per heavy atom. The minimum Gasteiger partial charge on any atom is -0.490 e. The highest BCUT2D eigenvalue weighted by atomic mass is 32.1. The van der Waals surface area contributed by atoms with Crippen molar-refractivity contribution in [3.8, 4) is 11.4 Å². The van der Waals surface area contributed by atoms with Crippen molar-refractivity contribution >= 4 is 21.6 Å². The van der Waals surface area contributed by atoms with Crippen molar-refractivity contribution < 1.29 is 9.84 Å². The fourth-order valence-corrected chi connectivity index (χ4v) is 6.29. The van der Waals surface area contributed by atoms with Gasteiger partial charge in [-0.3, -0.25) is 9.36 Å². The molecule has 0 aliphatic carbocycles. The Kier molecular flexibility index (Phi) is 5.60. The summed E-state index contributed by atoms with van der Waals surface area (Å²) in [6.07, 6.45) is 7.75. The average molecular weight is 454 g/mol. The zero-order chi connectivity index (χ0) is 22.5. The van der Waals surface area contributed by atoms with Gasteiger partial charge >= 0.3 is 0 Å². The van der Waals surface area contributed by atoms with Gasteiger partial charge in [0.05, 0.1) is 16.8 Å². The number of rotatable bonds is 6. The van der Waals surface area contributed by atoms with Crippen molar-refractivity contribution in [2.45, 2.75) is 76.2 Å². The summed E-state index contributed by atoms with van der Waals surface area (Å²) >= 11 is 1.42. The monoisotopic (exact) mass is 453 g/mol. The molecule has 1 N–H and O–H groups in total. The molecule has 4 heterocycles. The molecule has 2 saturated heterocycles. The van der Waals surface area contributed by atoms with E-state index in [9.17, 15) is 9.90 Å². The first kappa shape index (κ1) is 21.6. The number of nitrogens with zero attached hydrogens (tertiary/aromatic N) is 3. The molecule has 1 unspecified atom stereocenters. The first-order chi connectivity index (χ1) is 15.3. The molecule has 2 bridgehead atoms. The summed E-state index contributed by atoms with van der Waals surface area (Å²) in [4.78, 5) is 21.1. The van der Waals surface area contributed by atoms with E-state index in [1.807, 2.05) is 44.2 Å². The lowest BCUT2D eigenvalue weighted by molar-refractivity contribution is 0.0573. The van der Waals surface area contributed by atoms with Gasteiger partial charge < -0.3 is 14.7 Å². The number of benzene rings is 1. The second kappa shape index (κ2) is 8.28. The first-order valence-corrected chi connectivity index (χ1v) is 12.4. The van der Waals surface area contributed by atoms with Crippen LogP contribution in [0.3, 0.4) is 0 Å². The van der Waals surface area contributed by atoms with Gasteiger partial charge in [0.15, 0.2) is 0 Å². The summed E-state index contributed by atoms with van der Waals surface area (Å²) in [6, 6.07) is 10.9. The zero-order valence-electron chi connectivity index (χ0n) is 19.0. The maximum atomic E-state index is 13.1. The number of hydrogen-bond donors (Lipinski definition) is 1. The van der Waals surface area contributed by atoms with Crippen molar-refractivity contribution in [1.29, 1.82) is 0 Å². The molecule has 0 saturated carbocycles. The summed E-state index contributed by atoms with van der Waals surface area (Å²) in [5.74, 6) is 0.852. The largest absolute Gasteiger partial charge is 0.490 e. The highest BCUT2D eigenvalue weighted by Gasteiger charge is 2.39. The number of hydrogen-bond acceptors (Lipinski definition) is 6. The smallest absolute Gasteiger partial charge is 0.275 e. The van der Waals surface area contributed by atoms with E-state index in [-0.39, 0.29) is 11.7 Å². The Balaban J connectivity index is 1.34. The van der Waals surface area contributed by atoms with Gasteiger partial charge in [0.1, 0.15) is 22.9 Å². The minimum atomic E-state index is -0.775. The van der Waals surface area contributed by atoms with Crippen LogP contribution in [0.4, 0.5) is 0 Å². The molecule has 0 amide bonds. The molecule has 4 atom stereocenters. The molecule has 5 rings (SSSR count). The molecule has 32 heavy (non-hydrogen) atoms. The fourth-order valence-electron chi connectivity index (χ4n) is 5.07. The lowest BCUT2D eigenvalue weighted by Crippen LogP contribution is -2.43. The predicted molar refractivity (Wildman–Crippen MR) is 128 cm³/mol. The lowest BCUT2D eigenvalue weighted by atomic mass is 9.98. The maximum absolute atomic E-state index is 13.1. The van der Waals surface area contributed by atoms with E-state index in [0.29, 0.717) is 35.1 Å². The number of piperidine rings is 1. The molecule has 2 aliphatic heterocycles. The summed E-state index contributed by atoms with van der Waals surface area (Å²) in [6.45, 7) is 3.78. The van der Waals surface area contributed by atoms with Crippen LogP contribution in [0.2, 0.25) is 0 Å². The van der Waals surface area contributed by atoms with Crippen LogP contribution in [-0.4, -0.2) is 50.4 Å². The van der Waals surface area contributed by atoms with Crippen molar-refractivity contribution in [3.05, 3.63) is 51.9 Å². The van der Waals surface area contributed by atoms with Gasteiger partial charge in [-0.25, -0.2) is 4.98 Å². The van der Waals surface area contributed by atoms with Gasteiger partial charge in [-0.2, -0.15) is 0 Å². The fraction of sp³-hybridized carbons (Fsp3) is 0.520. The number of fused-ring (bicyclic) bond motifs is 3. The molecule has 2 aromatic heterocycles. The molecule has 2 aliphatic rings. The van der Waals surface area contributed by atoms with Crippen LogP contribution in [0.1, 0.15) is 50.8 Å². The van der Waals surface area contributed by atoms with E-state index in [4.69, 9.17) is 4.74 Å². The normalized spacial score (nSPS) is 25.2. The third-order valence-electron chi connectivity index (χ3n) is 7.28. The van der Waals surface area contributed by atoms with Crippen LogP contribution in [0.5, 0.6) is 5.75 Å². The molecule has 7 heteroatoms. The van der Waals surface area contributed by atoms with Crippen LogP contribution in [0, 0.1) is 0 Å². The number of thiophene rings is 1. The van der Waals surface area contributed by atoms with Crippen LogP contribution in [0.25, 0.3) is 15.9 Å². The zero-order valence-corrected chi connectivity index (χ0v) is 19.8. The molecular formula is C25H31N3O3S. The van der Waals surface area contributed by atoms with Crippen molar-refractivity contribution in [2.75, 3.05) is 7.05 Å². The van der Waals surface area contributed by atoms with E-state index in [1.54, 1.807) is 10.9 Å². The van der Waals surface area contributed by atoms with Crippen molar-refractivity contribution in [1.82, 2.24) is 14.5 Å². The topological polar surface area (TPSA) is 67.6 Å². The molecule has 6 nitrogen and oxygen atoms in total. The van der Waals surface area contributed by atoms with E-state index in [2.05, 4.69) is 16.9 Å². The average Bonchev–Trinajstić information content (AvgIpc) is 3.25. The Morgan fingerprint density at radius 2 is 1.91 bits per heavy atom. The lowest BCUT2D eigenvalue weighted by Gasteiger charge is -2.36. The second-order valence-corrected chi connectivity index (χ2v) is 10.8. The van der Waals surface area contributed by atoms with E-state index < -0.39 is 5.60 Å². The predicted octanol–water partition coefficient (Wildman–Crippen LogP) is 4.15. The van der Waals surface area contributed by atoms with Crippen LogP contribution in [0.15, 0.2) is 41.5 Å². The molecular weight excluding hydrogens is 422 g/mol. The first-order valence-electron chi connectivity index (χ1n) is 11.5. The molecule has 0 radical (unpaired) electrons. The van der Waals surface area contributed by atoms with Gasteiger partial charge in [-0.15, -0.1) is 11.3 Å². The van der Waals surface area contributed by atoms with E-state index in [1.165, 1.54) is 24.2 Å². The molecule has 2 fully saturated rings. The maximum Gasteiger partial charge on any atom is 0.275 e. The molecule has 0 spiro atoms. The third kappa shape index (κ3) is 4.09. The SMILES string of the molecule is CCC(C)(O)Cc1cc2ncn(-c3ccc(O[C@H]4C[C@H]5CC[C@@H](C4)N5C)cc3)c(=O)c2s1. The van der Waals surface area contributed by atoms with Crippen LogP contribution < -0.4 is 10.3 Å². The quantitative estimate of drug-likeness (QED) is 0.607. The molecule has 170 valence electrons. The second-order valence-electron chi connectivity index (χ2n) is 9.63. The van der Waals surface area contributed by atoms with Crippen molar-refractivity contribution in [3.63, 3.8) is 0 Å². The molecule has 1 aromatic carbocycles. The van der Waals surface area contributed by atoms with Gasteiger partial charge in [0, 0.05) is 23.4 Å². The summed E-state index contributed by atoms with van der Waals surface area (Å²) < 4.78 is 8.49. The van der Waals surface area contributed by atoms with Gasteiger partial charge in [-0.1, -0.05) is 6.92 Å². The van der Waals surface area contributed by atoms with E-state index in [0.717, 1.165) is 29.2 Å². The third-order valence-corrected chi connectivity index (χ3v) is 8.39. The van der Waals surface area contributed by atoms with E-state index >= 15 is 0 Å². The van der Waals surface area contributed by atoms with Gasteiger partial charge in [0.2, 0.25) is 0 Å². The molecule has 3 aromatic rings. The van der Waals surface area contributed by atoms with Crippen molar-refractivity contribution in [2.24, 2.45) is 0 Å². The Labute approximate surface area is 192 Å². The number of aliphatic hydroxyl groups is 1. The van der Waals surface area contributed by atoms with Crippen LogP contribution >= 0.6 is 11.3 Å². The number of ether oxygens (including phenoxy) is 1. The number of aromatic nitrogens is 2. The Hall–Kier alpha value is -2.22. The van der Waals surface area contributed by atoms with Gasteiger partial charge in [0.25, 0.3) is 5.56 Å². The summed E-state index contributed by atoms with van der Waals surface area (Å²) in [5, 5.41) is 10.4. The minimum absolute atomic E-state index is 0.0806. The Morgan fingerprint density at radius 3 is 2.56 bits per heavy atom. The summed E-state index contributed by atoms with van der Waals surface area (Å²) in [7, 11) is 2.23. The highest BCUT2D eigenvalue weighted by Crippen LogP contribution is 2.36. The van der Waals surface area contributed by atoms with Crippen LogP contribution in [-0.2, 0) is 6.42 Å². The standard InChI is InChI=1S/C25H31N3O3S/c1-4-25(2,30)14-21-13-22-23(32-21)24(29)28(15-26-22)16-7-9-19(10-8-16)31-20-11-17-5-6-18(12-20)27(17)3/h7-10,13,15,17-18,20,30H,4-6,11-12,14H2,1-3H3/t17-,18+,20+,25?. The highest BCUT2D eigenvalue weighted by molar-refractivity contribution is 7.18. The Bertz CT molecular complexity index is 1150. The summed E-state index contributed by atoms with van der Waals surface area (Å²) in [5.41, 5.74) is 0.608. The van der Waals surface area contributed by atoms with Gasteiger partial charge in [-0.05, 0) is 76.4 Å².